The van der Waals surface area contributed by atoms with Gasteiger partial charge in [0.1, 0.15) is 0 Å². The van der Waals surface area contributed by atoms with Crippen LogP contribution in [0.3, 0.4) is 0 Å². The second kappa shape index (κ2) is 14.0. The Kier molecular flexibility index (Phi) is 13.3. The standard InChI is InChI=1S/C17F32O7/c18-1(50)3(20,8(25,26)27)52-13(40,41)5(22,10(31,32)33)54-15(44,45)7(24,12(37,38)39)56-17(48,49)16(46,47)55-6(23,11(34,35)36)14(42,43)53-4(21,2(19)51)9(28,29)30. The molecule has 39 heteroatoms. The molecule has 0 aliphatic heterocycles. The molecule has 0 amide bonds. The SMILES string of the molecule is O=C(F)C(F)(OC(F)(F)C(F)(OC(F)(F)C(F)(F)OC(F)(C(F)(F)F)C(F)(F)OC(F)(C(F)(F)F)C(F)(F)OC(F)(C(=O)F)C(F)(F)F)C(F)(F)F)C(F)(F)F. The lowest BCUT2D eigenvalue weighted by atomic mass is 10.2. The summed E-state index contributed by atoms with van der Waals surface area (Å²) in [6, 6.07) is -10.4. The molecule has 0 saturated carbocycles. The predicted octanol–water partition coefficient (Wildman–Crippen LogP) is 9.17. The quantitative estimate of drug-likeness (QED) is 0.113. The van der Waals surface area contributed by atoms with Crippen LogP contribution in [-0.2, 0) is 33.3 Å². The number of hydrogen-bond donors (Lipinski definition) is 0. The van der Waals surface area contributed by atoms with Crippen molar-refractivity contribution in [1.82, 2.24) is 0 Å². The van der Waals surface area contributed by atoms with E-state index in [9.17, 15) is 150 Å². The van der Waals surface area contributed by atoms with Crippen molar-refractivity contribution in [2.45, 2.75) is 90.7 Å². The molecular formula is C17F32O7. The van der Waals surface area contributed by atoms with Crippen molar-refractivity contribution in [3.8, 4) is 0 Å². The minimum atomic E-state index is -9.30. The second-order valence-corrected chi connectivity index (χ2v) is 9.11. The normalized spacial score (nSPS) is 20.6. The highest BCUT2D eigenvalue weighted by Gasteiger charge is 2.89. The maximum absolute atomic E-state index is 14.4. The zero-order chi connectivity index (χ0) is 46.2. The molecule has 0 radical (unpaired) electrons. The highest BCUT2D eigenvalue weighted by atomic mass is 19.4. The van der Waals surface area contributed by atoms with Crippen molar-refractivity contribution in [1.29, 1.82) is 0 Å². The molecule has 7 nitrogen and oxygen atoms in total. The summed E-state index contributed by atoms with van der Waals surface area (Å²) in [7, 11) is 0. The van der Waals surface area contributed by atoms with Crippen molar-refractivity contribution in [3.63, 3.8) is 0 Å². The van der Waals surface area contributed by atoms with Crippen molar-refractivity contribution < 1.29 is 174 Å². The van der Waals surface area contributed by atoms with Gasteiger partial charge in [-0.2, -0.15) is 140 Å². The highest BCUT2D eigenvalue weighted by molar-refractivity contribution is 5.78. The topological polar surface area (TPSA) is 80.3 Å². The number of carbonyl (C=O) groups is 2. The van der Waals surface area contributed by atoms with Crippen LogP contribution in [0.2, 0.25) is 0 Å². The Bertz CT molecular complexity index is 1440. The molecule has 0 heterocycles. The van der Waals surface area contributed by atoms with Crippen LogP contribution < -0.4 is 0 Å². The van der Waals surface area contributed by atoms with Gasteiger partial charge in [0, 0.05) is 0 Å². The van der Waals surface area contributed by atoms with Crippen molar-refractivity contribution >= 4 is 12.1 Å². The second-order valence-electron chi connectivity index (χ2n) is 9.11. The molecule has 56 heavy (non-hydrogen) atoms. The fraction of sp³-hybridized carbons (Fsp3) is 0.882. The number of hydrogen-bond acceptors (Lipinski definition) is 7. The Morgan fingerprint density at radius 1 is 0.250 bits per heavy atom. The molecule has 0 fully saturated rings. The van der Waals surface area contributed by atoms with E-state index in [1.807, 2.05) is 0 Å². The summed E-state index contributed by atoms with van der Waals surface area (Å²) in [5.41, 5.74) is 0. The van der Waals surface area contributed by atoms with Gasteiger partial charge >= 0.3 is 103 Å². The molecular weight excluding hydrogens is 924 g/mol. The van der Waals surface area contributed by atoms with Gasteiger partial charge in [-0.15, -0.1) is 0 Å². The first-order chi connectivity index (χ1) is 23.7. The minimum Gasteiger partial charge on any atom is -0.263 e. The molecule has 0 aromatic rings. The smallest absolute Gasteiger partial charge is 0.263 e. The molecule has 334 valence electrons. The third-order valence-corrected chi connectivity index (χ3v) is 5.13. The number of halogens is 32. The van der Waals surface area contributed by atoms with Crippen molar-refractivity contribution in [2.75, 3.05) is 0 Å². The monoisotopic (exact) mass is 924 g/mol. The third-order valence-electron chi connectivity index (χ3n) is 5.13. The summed E-state index contributed by atoms with van der Waals surface area (Å²) >= 11 is 0. The molecule has 0 aliphatic carbocycles. The molecule has 5 unspecified atom stereocenters. The van der Waals surface area contributed by atoms with E-state index < -0.39 is 103 Å². The Balaban J connectivity index is 7.65. The summed E-state index contributed by atoms with van der Waals surface area (Å²) in [5, 5.41) is 0. The lowest BCUT2D eigenvalue weighted by molar-refractivity contribution is -0.594. The van der Waals surface area contributed by atoms with Gasteiger partial charge in [0.05, 0.1) is 0 Å². The number of rotatable bonds is 16. The minimum absolute atomic E-state index is 0.798. The zero-order valence-electron chi connectivity index (χ0n) is 23.5. The fourth-order valence-corrected chi connectivity index (χ4v) is 2.46. The molecule has 0 saturated heterocycles. The van der Waals surface area contributed by atoms with Crippen LogP contribution in [-0.4, -0.2) is 103 Å². The first kappa shape index (κ1) is 52.9. The fourth-order valence-electron chi connectivity index (χ4n) is 2.46. The molecule has 0 aliphatic rings. The Labute approximate surface area is 278 Å². The number of carbonyl (C=O) groups excluding carboxylic acids is 2. The summed E-state index contributed by atoms with van der Waals surface area (Å²) in [5.74, 6) is -42.9. The Hall–Kier alpha value is -3.10. The van der Waals surface area contributed by atoms with E-state index in [0.29, 0.717) is 0 Å². The summed E-state index contributed by atoms with van der Waals surface area (Å²) in [6.07, 6.45) is -87.2. The molecule has 0 aromatic carbocycles. The van der Waals surface area contributed by atoms with Crippen LogP contribution >= 0.6 is 0 Å². The molecule has 0 bridgehead atoms. The van der Waals surface area contributed by atoms with E-state index in [1.54, 1.807) is 0 Å². The average molecular weight is 924 g/mol. The highest BCUT2D eigenvalue weighted by Crippen LogP contribution is 2.60. The van der Waals surface area contributed by atoms with E-state index in [0.717, 1.165) is 23.7 Å². The van der Waals surface area contributed by atoms with E-state index >= 15 is 0 Å². The molecule has 0 N–H and O–H groups in total. The first-order valence-corrected chi connectivity index (χ1v) is 11.2. The van der Waals surface area contributed by atoms with Gasteiger partial charge in [-0.3, -0.25) is 33.3 Å². The lowest BCUT2D eigenvalue weighted by Gasteiger charge is -2.43. The van der Waals surface area contributed by atoms with Gasteiger partial charge in [-0.25, -0.2) is 0 Å². The van der Waals surface area contributed by atoms with E-state index in [4.69, 9.17) is 0 Å². The number of ether oxygens (including phenoxy) is 5. The Morgan fingerprint density at radius 3 is 0.554 bits per heavy atom. The summed E-state index contributed by atoms with van der Waals surface area (Å²) in [6.45, 7) is 0. The van der Waals surface area contributed by atoms with E-state index in [-0.39, 0.29) is 0 Å². The van der Waals surface area contributed by atoms with Crippen LogP contribution in [0, 0.1) is 0 Å². The molecule has 0 spiro atoms. The van der Waals surface area contributed by atoms with E-state index in [1.165, 1.54) is 0 Å². The maximum atomic E-state index is 14.4. The predicted molar refractivity (Wildman–Crippen MR) is 91.9 cm³/mol. The van der Waals surface area contributed by atoms with Gasteiger partial charge < -0.3 is 0 Å². The van der Waals surface area contributed by atoms with Crippen LogP contribution in [0.25, 0.3) is 0 Å². The maximum Gasteiger partial charge on any atom is 0.459 e. The lowest BCUT2D eigenvalue weighted by Crippen LogP contribution is -2.71. The third kappa shape index (κ3) is 8.82. The molecule has 0 rings (SSSR count). The summed E-state index contributed by atoms with van der Waals surface area (Å²) < 4.78 is 430. The first-order valence-electron chi connectivity index (χ1n) is 11.2. The summed E-state index contributed by atoms with van der Waals surface area (Å²) in [4.78, 5) is 20.2. The zero-order valence-corrected chi connectivity index (χ0v) is 23.5. The van der Waals surface area contributed by atoms with Crippen molar-refractivity contribution in [3.05, 3.63) is 0 Å². The Morgan fingerprint density at radius 2 is 0.411 bits per heavy atom. The van der Waals surface area contributed by atoms with Crippen LogP contribution in [0.1, 0.15) is 0 Å². The van der Waals surface area contributed by atoms with Gasteiger partial charge in [0.2, 0.25) is 0 Å². The van der Waals surface area contributed by atoms with Crippen molar-refractivity contribution in [2.24, 2.45) is 0 Å². The van der Waals surface area contributed by atoms with Crippen LogP contribution in [0.15, 0.2) is 0 Å². The number of alkyl halides is 30. The van der Waals surface area contributed by atoms with Gasteiger partial charge in [-0.05, 0) is 0 Å². The van der Waals surface area contributed by atoms with E-state index in [2.05, 4.69) is 0 Å². The van der Waals surface area contributed by atoms with Gasteiger partial charge in [-0.1, -0.05) is 0 Å². The van der Waals surface area contributed by atoms with Gasteiger partial charge in [0.15, 0.2) is 0 Å². The van der Waals surface area contributed by atoms with Gasteiger partial charge in [0.25, 0.3) is 0 Å². The van der Waals surface area contributed by atoms with Crippen LogP contribution in [0.4, 0.5) is 140 Å². The largest absolute Gasteiger partial charge is 0.459 e. The van der Waals surface area contributed by atoms with Crippen LogP contribution in [0.5, 0.6) is 0 Å². The average Bonchev–Trinajstić information content (AvgIpc) is 2.87. The molecule has 0 aromatic heterocycles. The molecule has 5 atom stereocenters.